The minimum absolute atomic E-state index is 0.195. The van der Waals surface area contributed by atoms with Gasteiger partial charge in [-0.3, -0.25) is 4.79 Å². The summed E-state index contributed by atoms with van der Waals surface area (Å²) in [6.45, 7) is 9.78. The first-order chi connectivity index (χ1) is 9.54. The van der Waals surface area contributed by atoms with Crippen LogP contribution in [0.25, 0.3) is 0 Å². The van der Waals surface area contributed by atoms with Gasteiger partial charge in [-0.05, 0) is 18.1 Å². The third kappa shape index (κ3) is 3.07. The number of carbonyl (C=O) groups is 1. The molecule has 0 saturated carbocycles. The molecular formula is C16H21FN2O. The topological polar surface area (TPSA) is 55.1 Å². The smallest absolute Gasteiger partial charge is 0.212 e. The van der Waals surface area contributed by atoms with Crippen LogP contribution < -0.4 is 11.1 Å². The third-order valence-electron chi connectivity index (χ3n) is 3.07. The number of ketones is 1. The first kappa shape index (κ1) is 16.0. The average Bonchev–Trinajstić information content (AvgIpc) is 2.50. The minimum Gasteiger partial charge on any atom is -0.396 e. The first-order valence-corrected chi connectivity index (χ1v) is 6.79. The Labute approximate surface area is 119 Å². The molecule has 0 radical (unpaired) electrons. The number of hydrogen-bond acceptors (Lipinski definition) is 3. The lowest BCUT2D eigenvalue weighted by Gasteiger charge is -2.22. The molecule has 1 aliphatic carbocycles. The Morgan fingerprint density at radius 1 is 1.35 bits per heavy atom. The molecule has 0 aliphatic heterocycles. The van der Waals surface area contributed by atoms with Crippen LogP contribution in [0, 0.1) is 5.82 Å². The highest BCUT2D eigenvalue weighted by atomic mass is 19.1. The van der Waals surface area contributed by atoms with E-state index in [0.29, 0.717) is 22.5 Å². The summed E-state index contributed by atoms with van der Waals surface area (Å²) in [5.74, 6) is -0.482. The maximum Gasteiger partial charge on any atom is 0.212 e. The summed E-state index contributed by atoms with van der Waals surface area (Å²) in [6.07, 6.45) is 0.841. The van der Waals surface area contributed by atoms with E-state index in [-0.39, 0.29) is 18.1 Å². The molecule has 0 spiro atoms. The molecule has 1 aliphatic rings. The van der Waals surface area contributed by atoms with E-state index in [2.05, 4.69) is 11.9 Å². The minimum atomic E-state index is -0.288. The van der Waals surface area contributed by atoms with Crippen LogP contribution in [0.1, 0.15) is 31.9 Å². The number of aryl methyl sites for hydroxylation is 1. The fourth-order valence-electron chi connectivity index (χ4n) is 1.83. The number of carbonyl (C=O) groups excluding carboxylic acids is 1. The van der Waals surface area contributed by atoms with Crippen LogP contribution in [0.5, 0.6) is 0 Å². The van der Waals surface area contributed by atoms with Crippen molar-refractivity contribution < 1.29 is 9.18 Å². The van der Waals surface area contributed by atoms with Crippen molar-refractivity contribution in [3.63, 3.8) is 0 Å². The standard InChI is InChI=1S/C14H15FN2O.C2H6/c1-3-9-4-5-11(15)10(6-9)7-17-13-12(16)8(2)14(13)18;1-2/h4-6,17H,2-3,7,16H2,1H3;1-2H3. The fourth-order valence-corrected chi connectivity index (χ4v) is 1.83. The molecular weight excluding hydrogens is 255 g/mol. The van der Waals surface area contributed by atoms with Gasteiger partial charge in [-0.2, -0.15) is 0 Å². The van der Waals surface area contributed by atoms with Gasteiger partial charge in [0.15, 0.2) is 0 Å². The summed E-state index contributed by atoms with van der Waals surface area (Å²) in [5.41, 5.74) is 8.22. The number of nitrogens with two attached hydrogens (primary N) is 1. The van der Waals surface area contributed by atoms with Crippen LogP contribution in [0.2, 0.25) is 0 Å². The zero-order chi connectivity index (χ0) is 15.3. The second-order valence-electron chi connectivity index (χ2n) is 4.23. The number of Topliss-reactive ketones (excluding diaryl/α,β-unsaturated/α-hetero) is 1. The van der Waals surface area contributed by atoms with Crippen molar-refractivity contribution in [1.29, 1.82) is 0 Å². The van der Waals surface area contributed by atoms with E-state index in [9.17, 15) is 9.18 Å². The number of allylic oxidation sites excluding steroid dienone is 2. The van der Waals surface area contributed by atoms with E-state index in [1.165, 1.54) is 6.07 Å². The van der Waals surface area contributed by atoms with Crippen LogP contribution in [0.15, 0.2) is 41.7 Å². The number of halogens is 1. The molecule has 0 heterocycles. The summed E-state index contributed by atoms with van der Waals surface area (Å²) >= 11 is 0. The molecule has 0 atom stereocenters. The summed E-state index contributed by atoms with van der Waals surface area (Å²) in [7, 11) is 0. The highest BCUT2D eigenvalue weighted by Gasteiger charge is 2.29. The molecule has 3 N–H and O–H groups in total. The zero-order valence-electron chi connectivity index (χ0n) is 12.2. The van der Waals surface area contributed by atoms with Gasteiger partial charge in [0, 0.05) is 17.7 Å². The van der Waals surface area contributed by atoms with Gasteiger partial charge < -0.3 is 11.1 Å². The highest BCUT2D eigenvalue weighted by molar-refractivity contribution is 6.18. The number of nitrogens with one attached hydrogen (secondary N) is 1. The molecule has 4 heteroatoms. The van der Waals surface area contributed by atoms with Gasteiger partial charge in [0.2, 0.25) is 5.78 Å². The molecule has 108 valence electrons. The molecule has 20 heavy (non-hydrogen) atoms. The maximum atomic E-state index is 13.6. The van der Waals surface area contributed by atoms with Crippen molar-refractivity contribution in [2.24, 2.45) is 5.73 Å². The molecule has 1 aromatic rings. The fraction of sp³-hybridized carbons (Fsp3) is 0.312. The van der Waals surface area contributed by atoms with E-state index >= 15 is 0 Å². The molecule has 0 bridgehead atoms. The summed E-state index contributed by atoms with van der Waals surface area (Å²) in [4.78, 5) is 11.4. The van der Waals surface area contributed by atoms with Crippen molar-refractivity contribution in [2.45, 2.75) is 33.7 Å². The highest BCUT2D eigenvalue weighted by Crippen LogP contribution is 2.22. The molecule has 0 unspecified atom stereocenters. The summed E-state index contributed by atoms with van der Waals surface area (Å²) in [6, 6.07) is 4.98. The van der Waals surface area contributed by atoms with Gasteiger partial charge in [0.1, 0.15) is 11.5 Å². The monoisotopic (exact) mass is 276 g/mol. The SMILES string of the molecule is C=C1C(=O)C(NCc2cc(CC)ccc2F)=C1N.CC. The van der Waals surface area contributed by atoms with E-state index < -0.39 is 0 Å². The van der Waals surface area contributed by atoms with E-state index in [1.807, 2.05) is 20.8 Å². The second kappa shape index (κ2) is 6.89. The quantitative estimate of drug-likeness (QED) is 0.831. The Morgan fingerprint density at radius 3 is 2.55 bits per heavy atom. The molecule has 0 aromatic heterocycles. The largest absolute Gasteiger partial charge is 0.396 e. The normalized spacial score (nSPS) is 13.6. The lowest BCUT2D eigenvalue weighted by Crippen LogP contribution is -2.35. The number of hydrogen-bond donors (Lipinski definition) is 2. The van der Waals surface area contributed by atoms with Crippen LogP contribution in [0.4, 0.5) is 4.39 Å². The second-order valence-corrected chi connectivity index (χ2v) is 4.23. The van der Waals surface area contributed by atoms with E-state index in [4.69, 9.17) is 5.73 Å². The number of rotatable bonds is 4. The summed E-state index contributed by atoms with van der Waals surface area (Å²) < 4.78 is 13.6. The first-order valence-electron chi connectivity index (χ1n) is 6.79. The predicted octanol–water partition coefficient (Wildman–Crippen LogP) is 2.81. The van der Waals surface area contributed by atoms with Gasteiger partial charge in [-0.1, -0.05) is 39.5 Å². The molecule has 0 fully saturated rings. The van der Waals surface area contributed by atoms with Gasteiger partial charge >= 0.3 is 0 Å². The van der Waals surface area contributed by atoms with Crippen molar-refractivity contribution in [1.82, 2.24) is 5.32 Å². The lowest BCUT2D eigenvalue weighted by atomic mass is 9.93. The Balaban J connectivity index is 0.000000956. The summed E-state index contributed by atoms with van der Waals surface area (Å²) in [5, 5.41) is 2.86. The van der Waals surface area contributed by atoms with Crippen LogP contribution >= 0.6 is 0 Å². The van der Waals surface area contributed by atoms with E-state index in [1.54, 1.807) is 12.1 Å². The zero-order valence-corrected chi connectivity index (χ0v) is 12.2. The van der Waals surface area contributed by atoms with Gasteiger partial charge in [-0.15, -0.1) is 0 Å². The van der Waals surface area contributed by atoms with Gasteiger partial charge in [0.25, 0.3) is 0 Å². The Kier molecular flexibility index (Phi) is 5.50. The van der Waals surface area contributed by atoms with Crippen molar-refractivity contribution in [3.05, 3.63) is 58.7 Å². The average molecular weight is 276 g/mol. The maximum absolute atomic E-state index is 13.6. The molecule has 2 rings (SSSR count). The molecule has 3 nitrogen and oxygen atoms in total. The van der Waals surface area contributed by atoms with Crippen LogP contribution in [-0.4, -0.2) is 5.78 Å². The van der Waals surface area contributed by atoms with Gasteiger partial charge in [0.05, 0.1) is 5.70 Å². The Bertz CT molecular complexity index is 562. The molecule has 0 saturated heterocycles. The van der Waals surface area contributed by atoms with Gasteiger partial charge in [-0.25, -0.2) is 4.39 Å². The van der Waals surface area contributed by atoms with Crippen LogP contribution in [-0.2, 0) is 17.8 Å². The van der Waals surface area contributed by atoms with Crippen molar-refractivity contribution in [3.8, 4) is 0 Å². The third-order valence-corrected chi connectivity index (χ3v) is 3.07. The van der Waals surface area contributed by atoms with Crippen molar-refractivity contribution >= 4 is 5.78 Å². The molecule has 0 amide bonds. The number of benzene rings is 1. The van der Waals surface area contributed by atoms with Crippen LogP contribution in [0.3, 0.4) is 0 Å². The molecule has 1 aromatic carbocycles. The predicted molar refractivity (Wildman–Crippen MR) is 79.3 cm³/mol. The Hall–Kier alpha value is -2.10. The van der Waals surface area contributed by atoms with Crippen molar-refractivity contribution in [2.75, 3.05) is 0 Å². The lowest BCUT2D eigenvalue weighted by molar-refractivity contribution is -0.113. The Morgan fingerprint density at radius 2 is 2.00 bits per heavy atom. The van der Waals surface area contributed by atoms with E-state index in [0.717, 1.165) is 12.0 Å².